The van der Waals surface area contributed by atoms with Crippen LogP contribution in [0, 0.1) is 0 Å². The van der Waals surface area contributed by atoms with E-state index in [4.69, 9.17) is 4.74 Å². The standard InChI is InChI=1S/C21H29N5O2/c1-4-25(3)23-9-11-26-10-8-21(27)20(24-26)13-16-6-7-19-17(12-16)14-18(15-22-19)28-5-2/h8-10,12,15,18H,4-7,11,13-14H2,1-3H3/b23-9-. The second kappa shape index (κ2) is 9.59. The Labute approximate surface area is 166 Å². The van der Waals surface area contributed by atoms with Crippen LogP contribution in [0.2, 0.25) is 0 Å². The maximum atomic E-state index is 12.3. The molecule has 0 saturated heterocycles. The highest BCUT2D eigenvalue weighted by Crippen LogP contribution is 2.31. The number of aliphatic imine (C=N–C) groups is 1. The van der Waals surface area contributed by atoms with Crippen LogP contribution in [0.5, 0.6) is 0 Å². The van der Waals surface area contributed by atoms with Crippen molar-refractivity contribution in [3.8, 4) is 0 Å². The number of nitrogens with zero attached hydrogens (tertiary/aromatic N) is 5. The van der Waals surface area contributed by atoms with E-state index in [1.807, 2.05) is 32.1 Å². The van der Waals surface area contributed by atoms with Crippen molar-refractivity contribution in [3.05, 3.63) is 51.1 Å². The highest BCUT2D eigenvalue weighted by Gasteiger charge is 2.21. The lowest BCUT2D eigenvalue weighted by Gasteiger charge is -2.24. The van der Waals surface area contributed by atoms with Crippen molar-refractivity contribution in [2.24, 2.45) is 10.1 Å². The Bertz CT molecular complexity index is 866. The largest absolute Gasteiger partial charge is 0.372 e. The summed E-state index contributed by atoms with van der Waals surface area (Å²) in [5, 5.41) is 10.7. The van der Waals surface area contributed by atoms with Gasteiger partial charge in [-0.25, -0.2) is 0 Å². The summed E-state index contributed by atoms with van der Waals surface area (Å²) >= 11 is 0. The topological polar surface area (TPSA) is 72.1 Å². The van der Waals surface area contributed by atoms with Gasteiger partial charge in [0, 0.05) is 63.4 Å². The number of hydrogen-bond acceptors (Lipinski definition) is 6. The zero-order valence-electron chi connectivity index (χ0n) is 17.0. The zero-order chi connectivity index (χ0) is 19.9. The first-order valence-corrected chi connectivity index (χ1v) is 9.96. The summed E-state index contributed by atoms with van der Waals surface area (Å²) in [7, 11) is 1.92. The molecule has 0 saturated carbocycles. The molecule has 150 valence electrons. The molecule has 1 aliphatic carbocycles. The van der Waals surface area contributed by atoms with Crippen molar-refractivity contribution < 1.29 is 4.74 Å². The summed E-state index contributed by atoms with van der Waals surface area (Å²) in [6.45, 7) is 6.11. The third-order valence-electron chi connectivity index (χ3n) is 4.96. The maximum Gasteiger partial charge on any atom is 0.203 e. The van der Waals surface area contributed by atoms with Gasteiger partial charge in [-0.2, -0.15) is 10.2 Å². The highest BCUT2D eigenvalue weighted by atomic mass is 16.5. The molecule has 0 amide bonds. The van der Waals surface area contributed by atoms with Crippen LogP contribution in [0.1, 0.15) is 38.8 Å². The summed E-state index contributed by atoms with van der Waals surface area (Å²) < 4.78 is 7.45. The molecule has 2 aliphatic rings. The van der Waals surface area contributed by atoms with Crippen molar-refractivity contribution in [1.82, 2.24) is 14.8 Å². The van der Waals surface area contributed by atoms with Gasteiger partial charge >= 0.3 is 0 Å². The molecular weight excluding hydrogens is 354 g/mol. The quantitative estimate of drug-likeness (QED) is 0.511. The summed E-state index contributed by atoms with van der Waals surface area (Å²) in [5.41, 5.74) is 4.17. The van der Waals surface area contributed by atoms with Gasteiger partial charge in [-0.3, -0.25) is 14.5 Å². The first-order valence-electron chi connectivity index (χ1n) is 9.96. The molecule has 0 bridgehead atoms. The Morgan fingerprint density at radius 2 is 2.25 bits per heavy atom. The number of hydrogen-bond donors (Lipinski definition) is 0. The van der Waals surface area contributed by atoms with Gasteiger partial charge < -0.3 is 9.75 Å². The molecule has 1 unspecified atom stereocenters. The van der Waals surface area contributed by atoms with Gasteiger partial charge in [0.25, 0.3) is 0 Å². The third-order valence-corrected chi connectivity index (χ3v) is 4.96. The molecule has 7 nitrogen and oxygen atoms in total. The van der Waals surface area contributed by atoms with Gasteiger partial charge in [-0.1, -0.05) is 11.6 Å². The maximum absolute atomic E-state index is 12.3. The molecule has 28 heavy (non-hydrogen) atoms. The molecule has 2 heterocycles. The molecule has 0 N–H and O–H groups in total. The van der Waals surface area contributed by atoms with E-state index in [1.54, 1.807) is 23.2 Å². The Kier molecular flexibility index (Phi) is 6.92. The lowest BCUT2D eigenvalue weighted by Crippen LogP contribution is -2.21. The Morgan fingerprint density at radius 1 is 1.39 bits per heavy atom. The van der Waals surface area contributed by atoms with Crippen LogP contribution >= 0.6 is 0 Å². The minimum atomic E-state index is -0.0200. The van der Waals surface area contributed by atoms with Gasteiger partial charge in [0.05, 0.1) is 12.6 Å². The fraction of sp³-hybridized carbons (Fsp3) is 0.524. The fourth-order valence-corrected chi connectivity index (χ4v) is 3.33. The molecule has 3 rings (SSSR count). The minimum absolute atomic E-state index is 0.0200. The number of rotatable bonds is 8. The molecule has 1 aromatic rings. The van der Waals surface area contributed by atoms with E-state index in [2.05, 4.69) is 21.3 Å². The zero-order valence-corrected chi connectivity index (χ0v) is 17.0. The van der Waals surface area contributed by atoms with Gasteiger partial charge in [0.2, 0.25) is 5.43 Å². The fourth-order valence-electron chi connectivity index (χ4n) is 3.33. The van der Waals surface area contributed by atoms with Crippen LogP contribution in [0.3, 0.4) is 0 Å². The molecule has 1 aliphatic heterocycles. The number of ether oxygens (including phenoxy) is 1. The van der Waals surface area contributed by atoms with Crippen LogP contribution in [0.4, 0.5) is 0 Å². The van der Waals surface area contributed by atoms with E-state index in [0.29, 0.717) is 25.3 Å². The second-order valence-corrected chi connectivity index (χ2v) is 7.05. The molecule has 1 atom stereocenters. The Balaban J connectivity index is 1.70. The minimum Gasteiger partial charge on any atom is -0.372 e. The first kappa shape index (κ1) is 20.2. The van der Waals surface area contributed by atoms with E-state index < -0.39 is 0 Å². The van der Waals surface area contributed by atoms with Crippen molar-refractivity contribution in [2.45, 2.75) is 52.2 Å². The van der Waals surface area contributed by atoms with E-state index in [-0.39, 0.29) is 11.5 Å². The lowest BCUT2D eigenvalue weighted by atomic mass is 9.90. The lowest BCUT2D eigenvalue weighted by molar-refractivity contribution is 0.112. The van der Waals surface area contributed by atoms with E-state index in [1.165, 1.54) is 11.1 Å². The van der Waals surface area contributed by atoms with Crippen LogP contribution < -0.4 is 5.43 Å². The second-order valence-electron chi connectivity index (χ2n) is 7.05. The van der Waals surface area contributed by atoms with Crippen molar-refractivity contribution in [1.29, 1.82) is 0 Å². The highest BCUT2D eigenvalue weighted by molar-refractivity contribution is 5.68. The molecule has 0 radical (unpaired) electrons. The van der Waals surface area contributed by atoms with Crippen molar-refractivity contribution >= 4 is 12.4 Å². The normalized spacial score (nSPS) is 19.1. The van der Waals surface area contributed by atoms with Gasteiger partial charge in [0.15, 0.2) is 0 Å². The van der Waals surface area contributed by atoms with Gasteiger partial charge in [0.1, 0.15) is 5.69 Å². The number of aromatic nitrogens is 2. The predicted octanol–water partition coefficient (Wildman–Crippen LogP) is 2.58. The van der Waals surface area contributed by atoms with E-state index >= 15 is 0 Å². The van der Waals surface area contributed by atoms with Crippen LogP contribution in [0.15, 0.2) is 50.1 Å². The van der Waals surface area contributed by atoms with E-state index in [0.717, 1.165) is 31.5 Å². The summed E-state index contributed by atoms with van der Waals surface area (Å²) in [6.07, 6.45) is 10.9. The molecule has 7 heteroatoms. The average Bonchev–Trinajstić information content (AvgIpc) is 2.70. The van der Waals surface area contributed by atoms with E-state index in [9.17, 15) is 4.79 Å². The monoisotopic (exact) mass is 383 g/mol. The average molecular weight is 383 g/mol. The van der Waals surface area contributed by atoms with Gasteiger partial charge in [-0.15, -0.1) is 0 Å². The van der Waals surface area contributed by atoms with Crippen LogP contribution in [0.25, 0.3) is 0 Å². The molecule has 1 aromatic heterocycles. The summed E-state index contributed by atoms with van der Waals surface area (Å²) in [4.78, 5) is 16.9. The predicted molar refractivity (Wildman–Crippen MR) is 112 cm³/mol. The first-order chi connectivity index (χ1) is 13.6. The van der Waals surface area contributed by atoms with Crippen LogP contribution in [-0.4, -0.2) is 53.5 Å². The third kappa shape index (κ3) is 5.25. The van der Waals surface area contributed by atoms with Crippen molar-refractivity contribution in [3.63, 3.8) is 0 Å². The van der Waals surface area contributed by atoms with Crippen molar-refractivity contribution in [2.75, 3.05) is 20.2 Å². The number of hydrazone groups is 1. The Hall–Kier alpha value is -2.54. The number of allylic oxidation sites excluding steroid dienone is 3. The smallest absolute Gasteiger partial charge is 0.203 e. The van der Waals surface area contributed by atoms with Gasteiger partial charge in [-0.05, 0) is 32.3 Å². The Morgan fingerprint density at radius 3 is 3.04 bits per heavy atom. The van der Waals surface area contributed by atoms with Crippen LogP contribution in [-0.2, 0) is 17.7 Å². The summed E-state index contributed by atoms with van der Waals surface area (Å²) in [6, 6.07) is 1.59. The SMILES string of the molecule is CCOC1C=NC2=C(C=C(Cc3nn(C/C=N\N(C)CC)ccc3=O)CC2)C1. The molecule has 0 spiro atoms. The molecular formula is C21H29N5O2. The molecule has 0 fully saturated rings. The summed E-state index contributed by atoms with van der Waals surface area (Å²) in [5.74, 6) is 0. The molecule has 0 aromatic carbocycles.